The van der Waals surface area contributed by atoms with Gasteiger partial charge in [-0.25, -0.2) is 0 Å². The number of anilines is 1. The van der Waals surface area contributed by atoms with Crippen molar-refractivity contribution in [2.24, 2.45) is 5.41 Å². The predicted molar refractivity (Wildman–Crippen MR) is 121 cm³/mol. The molecule has 31 heavy (non-hydrogen) atoms. The number of aliphatic hydroxyl groups excluding tert-OH is 2. The van der Waals surface area contributed by atoms with E-state index in [4.69, 9.17) is 16.3 Å². The maximum atomic E-state index is 11.7. The number of amides is 1. The summed E-state index contributed by atoms with van der Waals surface area (Å²) in [7, 11) is 0. The molecule has 3 N–H and O–H groups in total. The molecule has 168 valence electrons. The van der Waals surface area contributed by atoms with E-state index in [9.17, 15) is 19.8 Å². The zero-order valence-corrected chi connectivity index (χ0v) is 19.1. The van der Waals surface area contributed by atoms with Gasteiger partial charge in [-0.15, -0.1) is 0 Å². The molecule has 0 aromatic heterocycles. The van der Waals surface area contributed by atoms with Gasteiger partial charge < -0.3 is 20.3 Å². The number of aryl methyl sites for hydroxylation is 1. The first kappa shape index (κ1) is 23.5. The molecule has 0 radical (unpaired) electrons. The van der Waals surface area contributed by atoms with Crippen molar-refractivity contribution < 1.29 is 24.5 Å². The first-order valence-electron chi connectivity index (χ1n) is 10.5. The number of hydrogen-bond acceptors (Lipinski definition) is 5. The van der Waals surface area contributed by atoms with Crippen LogP contribution in [0.25, 0.3) is 5.57 Å². The number of nitrogens with one attached hydrogen (secondary N) is 1. The van der Waals surface area contributed by atoms with Crippen LogP contribution in [0.15, 0.2) is 29.9 Å². The number of allylic oxidation sites excluding steroid dienone is 2. The minimum atomic E-state index is -0.701. The Morgan fingerprint density at radius 2 is 1.97 bits per heavy atom. The number of cyclic esters (lactones) is 1. The lowest BCUT2D eigenvalue weighted by Gasteiger charge is -2.37. The van der Waals surface area contributed by atoms with Gasteiger partial charge in [-0.05, 0) is 65.7 Å². The van der Waals surface area contributed by atoms with Crippen LogP contribution < -0.4 is 5.32 Å². The fourth-order valence-corrected chi connectivity index (χ4v) is 4.82. The maximum Gasteiger partial charge on any atom is 0.309 e. The molecule has 1 aliphatic heterocycles. The minimum Gasteiger partial charge on any atom is -0.458 e. The van der Waals surface area contributed by atoms with E-state index in [1.807, 2.05) is 31.2 Å². The van der Waals surface area contributed by atoms with Crippen LogP contribution >= 0.6 is 11.6 Å². The molecule has 3 rings (SSSR count). The molecule has 3 atom stereocenters. The van der Waals surface area contributed by atoms with Crippen LogP contribution in [-0.2, 0) is 14.3 Å². The standard InChI is InChI=1S/C24H30ClNO5/c1-13-7-15(8-21(25)23(13)26-14(2)27)19-10-17(29)12-24(3,4)20(19)6-5-18-9-16(28)11-22(30)31-18/h5-8,16-18,28-29H,9-12H2,1-4H3,(H,26,27)/t16-,17?,18-/m0/s1. The van der Waals surface area contributed by atoms with Gasteiger partial charge in [0, 0.05) is 13.3 Å². The number of halogens is 1. The Morgan fingerprint density at radius 1 is 1.26 bits per heavy atom. The van der Waals surface area contributed by atoms with Crippen molar-refractivity contribution in [3.05, 3.63) is 46.0 Å². The average Bonchev–Trinajstić information content (AvgIpc) is 2.61. The summed E-state index contributed by atoms with van der Waals surface area (Å²) in [5.41, 5.74) is 3.95. The Balaban J connectivity index is 2.04. The number of carbonyl (C=O) groups is 2. The third-order valence-corrected chi connectivity index (χ3v) is 6.14. The molecule has 1 heterocycles. The summed E-state index contributed by atoms with van der Waals surface area (Å²) in [4.78, 5) is 23.2. The summed E-state index contributed by atoms with van der Waals surface area (Å²) in [6.45, 7) is 7.45. The van der Waals surface area contributed by atoms with Crippen LogP contribution in [-0.4, -0.2) is 40.4 Å². The maximum absolute atomic E-state index is 11.7. The highest BCUT2D eigenvalue weighted by atomic mass is 35.5. The highest BCUT2D eigenvalue weighted by Crippen LogP contribution is 2.46. The first-order chi connectivity index (χ1) is 14.5. The normalized spacial score (nSPS) is 26.2. The second kappa shape index (κ2) is 9.15. The van der Waals surface area contributed by atoms with E-state index in [0.29, 0.717) is 30.0 Å². The van der Waals surface area contributed by atoms with Crippen LogP contribution in [0.4, 0.5) is 5.69 Å². The van der Waals surface area contributed by atoms with E-state index in [0.717, 1.165) is 22.3 Å². The average molecular weight is 448 g/mol. The number of ether oxygens (including phenoxy) is 1. The highest BCUT2D eigenvalue weighted by Gasteiger charge is 2.34. The van der Waals surface area contributed by atoms with Crippen molar-refractivity contribution in [1.29, 1.82) is 0 Å². The van der Waals surface area contributed by atoms with Crippen LogP contribution in [0.1, 0.15) is 57.6 Å². The van der Waals surface area contributed by atoms with E-state index in [-0.39, 0.29) is 17.7 Å². The van der Waals surface area contributed by atoms with E-state index >= 15 is 0 Å². The molecule has 1 aromatic carbocycles. The molecule has 1 unspecified atom stereocenters. The van der Waals surface area contributed by atoms with Crippen molar-refractivity contribution in [2.45, 2.75) is 71.7 Å². The third kappa shape index (κ3) is 5.56. The SMILES string of the molecule is CC(=O)Nc1c(C)cc(C2=C(C=C[C@H]3C[C@H](O)CC(=O)O3)C(C)(C)CC(O)C2)cc1Cl. The largest absolute Gasteiger partial charge is 0.458 e. The van der Waals surface area contributed by atoms with Gasteiger partial charge in [0.2, 0.25) is 5.91 Å². The Bertz CT molecular complexity index is 926. The number of benzene rings is 1. The molecule has 1 aromatic rings. The van der Waals surface area contributed by atoms with Gasteiger partial charge in [0.15, 0.2) is 0 Å². The molecule has 7 heteroatoms. The Morgan fingerprint density at radius 3 is 2.58 bits per heavy atom. The first-order valence-corrected chi connectivity index (χ1v) is 10.9. The minimum absolute atomic E-state index is 0.0222. The van der Waals surface area contributed by atoms with Crippen molar-refractivity contribution in [3.63, 3.8) is 0 Å². The summed E-state index contributed by atoms with van der Waals surface area (Å²) < 4.78 is 5.35. The van der Waals surface area contributed by atoms with Crippen molar-refractivity contribution in [3.8, 4) is 0 Å². The van der Waals surface area contributed by atoms with Crippen LogP contribution in [0.5, 0.6) is 0 Å². The molecule has 1 saturated heterocycles. The number of esters is 1. The smallest absolute Gasteiger partial charge is 0.309 e. The summed E-state index contributed by atoms with van der Waals surface area (Å²) in [6.07, 6.45) is 3.53. The van der Waals surface area contributed by atoms with Crippen molar-refractivity contribution in [1.82, 2.24) is 0 Å². The molecule has 1 fully saturated rings. The summed E-state index contributed by atoms with van der Waals surface area (Å²) in [5, 5.41) is 23.6. The topological polar surface area (TPSA) is 95.9 Å². The summed E-state index contributed by atoms with van der Waals surface area (Å²) >= 11 is 6.48. The lowest BCUT2D eigenvalue weighted by molar-refractivity contribution is -0.156. The van der Waals surface area contributed by atoms with Crippen molar-refractivity contribution in [2.75, 3.05) is 5.32 Å². The Hall–Kier alpha value is -2.15. The molecule has 0 bridgehead atoms. The molecule has 6 nitrogen and oxygen atoms in total. The van der Waals surface area contributed by atoms with Gasteiger partial charge in [0.1, 0.15) is 6.10 Å². The third-order valence-electron chi connectivity index (χ3n) is 5.84. The number of carbonyl (C=O) groups excluding carboxylic acids is 2. The van der Waals surface area contributed by atoms with Gasteiger partial charge in [-0.2, -0.15) is 0 Å². The zero-order valence-electron chi connectivity index (χ0n) is 18.4. The molecular formula is C24H30ClNO5. The van der Waals surface area contributed by atoms with Gasteiger partial charge in [-0.1, -0.05) is 31.5 Å². The van der Waals surface area contributed by atoms with Crippen LogP contribution in [0.2, 0.25) is 5.02 Å². The van der Waals surface area contributed by atoms with Crippen molar-refractivity contribution >= 4 is 34.7 Å². The van der Waals surface area contributed by atoms with E-state index in [1.54, 1.807) is 0 Å². The summed E-state index contributed by atoms with van der Waals surface area (Å²) in [5.74, 6) is -0.601. The van der Waals surface area contributed by atoms with Gasteiger partial charge >= 0.3 is 5.97 Å². The molecule has 0 spiro atoms. The highest BCUT2D eigenvalue weighted by molar-refractivity contribution is 6.34. The van der Waals surface area contributed by atoms with Gasteiger partial charge in [0.05, 0.1) is 29.3 Å². The second-order valence-electron chi connectivity index (χ2n) is 9.15. The Kier molecular flexibility index (Phi) is 6.94. The number of aliphatic hydroxyl groups is 2. The van der Waals surface area contributed by atoms with Gasteiger partial charge in [-0.3, -0.25) is 9.59 Å². The number of hydrogen-bond donors (Lipinski definition) is 3. The molecule has 1 amide bonds. The van der Waals surface area contributed by atoms with Crippen LogP contribution in [0, 0.1) is 12.3 Å². The summed E-state index contributed by atoms with van der Waals surface area (Å²) in [6, 6.07) is 3.76. The van der Waals surface area contributed by atoms with Crippen LogP contribution in [0.3, 0.4) is 0 Å². The lowest BCUT2D eigenvalue weighted by Crippen LogP contribution is -2.32. The zero-order chi connectivity index (χ0) is 22.9. The number of rotatable bonds is 4. The fourth-order valence-electron chi connectivity index (χ4n) is 4.51. The predicted octanol–water partition coefficient (Wildman–Crippen LogP) is 4.16. The monoisotopic (exact) mass is 447 g/mol. The van der Waals surface area contributed by atoms with Gasteiger partial charge in [0.25, 0.3) is 0 Å². The van der Waals surface area contributed by atoms with E-state index in [1.165, 1.54) is 6.92 Å². The molecule has 2 aliphatic rings. The second-order valence-corrected chi connectivity index (χ2v) is 9.56. The lowest BCUT2D eigenvalue weighted by atomic mass is 9.69. The molecule has 0 saturated carbocycles. The molecular weight excluding hydrogens is 418 g/mol. The van der Waals surface area contributed by atoms with E-state index < -0.39 is 24.3 Å². The Labute approximate surface area is 187 Å². The quantitative estimate of drug-likeness (QED) is 0.602. The van der Waals surface area contributed by atoms with E-state index in [2.05, 4.69) is 19.2 Å². The fraction of sp³-hybridized carbons (Fsp3) is 0.500. The molecule has 1 aliphatic carbocycles.